The predicted octanol–water partition coefficient (Wildman–Crippen LogP) is 1.53. The van der Waals surface area contributed by atoms with Crippen molar-refractivity contribution in [3.8, 4) is 0 Å². The molecule has 0 spiro atoms. The molecule has 1 aromatic heterocycles. The van der Waals surface area contributed by atoms with Crippen molar-refractivity contribution in [1.29, 1.82) is 0 Å². The van der Waals surface area contributed by atoms with Crippen molar-refractivity contribution in [3.05, 3.63) is 21.9 Å². The van der Waals surface area contributed by atoms with Crippen molar-refractivity contribution < 1.29 is 4.79 Å². The minimum absolute atomic E-state index is 0.207. The van der Waals surface area contributed by atoms with Crippen LogP contribution in [-0.2, 0) is 6.54 Å². The summed E-state index contributed by atoms with van der Waals surface area (Å²) < 4.78 is 0. The largest absolute Gasteiger partial charge is 0.299 e. The molecule has 17 heavy (non-hydrogen) atoms. The molecule has 0 aromatic carbocycles. The van der Waals surface area contributed by atoms with Crippen LogP contribution in [0.4, 0.5) is 0 Å². The summed E-state index contributed by atoms with van der Waals surface area (Å²) in [6.45, 7) is 2.96. The number of carbonyl (C=O) groups is 1. The first-order valence-corrected chi connectivity index (χ1v) is 7.64. The lowest BCUT2D eigenvalue weighted by molar-refractivity contribution is 0.0955. The summed E-state index contributed by atoms with van der Waals surface area (Å²) in [4.78, 5) is 14.5. The highest BCUT2D eigenvalue weighted by Gasteiger charge is 2.15. The number of amides is 1. The molecule has 3 N–H and O–H groups in total. The lowest BCUT2D eigenvalue weighted by atomic mass is 10.2. The van der Waals surface area contributed by atoms with Gasteiger partial charge in [-0.15, -0.1) is 11.3 Å². The third-order valence-corrected chi connectivity index (χ3v) is 4.44. The lowest BCUT2D eigenvalue weighted by Crippen LogP contribution is -2.33. The second kappa shape index (κ2) is 7.00. The first-order valence-electron chi connectivity index (χ1n) is 5.36. The normalized spacial score (nSPS) is 12.8. The molecule has 0 aliphatic carbocycles. The number of thioether (sulfide) groups is 1. The van der Waals surface area contributed by atoms with Crippen molar-refractivity contribution in [2.75, 3.05) is 19.1 Å². The molecule has 0 bridgehead atoms. The Balaban J connectivity index is 2.68. The second-order valence-electron chi connectivity index (χ2n) is 3.97. The Hall–Kier alpha value is -0.560. The zero-order valence-corrected chi connectivity index (χ0v) is 12.0. The summed E-state index contributed by atoms with van der Waals surface area (Å²) in [6, 6.07) is 2.47. The standard InChI is InChI=1S/C11H19N3OS2/c1-8(7-16-3)14(2)6-9-4-5-17-10(9)11(15)13-12/h4-5,8H,6-7,12H2,1-3H3,(H,13,15). The van der Waals surface area contributed by atoms with Crippen molar-refractivity contribution in [2.45, 2.75) is 19.5 Å². The van der Waals surface area contributed by atoms with Crippen molar-refractivity contribution in [3.63, 3.8) is 0 Å². The fourth-order valence-corrected chi connectivity index (χ4v) is 3.07. The highest BCUT2D eigenvalue weighted by molar-refractivity contribution is 7.98. The summed E-state index contributed by atoms with van der Waals surface area (Å²) in [7, 11) is 2.07. The van der Waals surface area contributed by atoms with E-state index in [-0.39, 0.29) is 5.91 Å². The Kier molecular flexibility index (Phi) is 5.97. The minimum Gasteiger partial charge on any atom is -0.299 e. The molecule has 6 heteroatoms. The van der Waals surface area contributed by atoms with E-state index in [1.807, 2.05) is 23.2 Å². The molecule has 1 amide bonds. The zero-order chi connectivity index (χ0) is 12.8. The Morgan fingerprint density at radius 1 is 1.71 bits per heavy atom. The lowest BCUT2D eigenvalue weighted by Gasteiger charge is -2.23. The van der Waals surface area contributed by atoms with Gasteiger partial charge in [-0.2, -0.15) is 11.8 Å². The summed E-state index contributed by atoms with van der Waals surface area (Å²) in [5.41, 5.74) is 3.22. The molecule has 1 unspecified atom stereocenters. The van der Waals surface area contributed by atoms with Gasteiger partial charge in [0.25, 0.3) is 5.91 Å². The van der Waals surface area contributed by atoms with Gasteiger partial charge < -0.3 is 0 Å². The second-order valence-corrected chi connectivity index (χ2v) is 5.79. The van der Waals surface area contributed by atoms with Gasteiger partial charge in [0.2, 0.25) is 0 Å². The molecule has 1 aromatic rings. The zero-order valence-electron chi connectivity index (χ0n) is 10.4. The molecule has 0 aliphatic rings. The highest BCUT2D eigenvalue weighted by atomic mass is 32.2. The molecular weight excluding hydrogens is 254 g/mol. The average molecular weight is 273 g/mol. The fraction of sp³-hybridized carbons (Fsp3) is 0.545. The maximum absolute atomic E-state index is 11.5. The van der Waals surface area contributed by atoms with Crippen molar-refractivity contribution in [2.24, 2.45) is 5.84 Å². The fourth-order valence-electron chi connectivity index (χ4n) is 1.52. The summed E-state index contributed by atoms with van der Waals surface area (Å²) in [6.07, 6.45) is 2.10. The number of carbonyl (C=O) groups excluding carboxylic acids is 1. The molecule has 1 atom stereocenters. The van der Waals surface area contributed by atoms with Gasteiger partial charge in [0, 0.05) is 18.3 Å². The van der Waals surface area contributed by atoms with Crippen LogP contribution < -0.4 is 11.3 Å². The molecule has 0 saturated heterocycles. The van der Waals surface area contributed by atoms with Crippen LogP contribution in [0.5, 0.6) is 0 Å². The van der Waals surface area contributed by atoms with E-state index in [0.717, 1.165) is 17.9 Å². The van der Waals surface area contributed by atoms with Gasteiger partial charge in [-0.25, -0.2) is 5.84 Å². The molecule has 96 valence electrons. The third kappa shape index (κ3) is 3.99. The van der Waals surface area contributed by atoms with Gasteiger partial charge in [-0.1, -0.05) is 0 Å². The first kappa shape index (κ1) is 14.5. The number of nitrogens with zero attached hydrogens (tertiary/aromatic N) is 1. The van der Waals surface area contributed by atoms with Crippen LogP contribution in [0.1, 0.15) is 22.2 Å². The Bertz CT molecular complexity index is 367. The van der Waals surface area contributed by atoms with Gasteiger partial charge in [0.1, 0.15) is 0 Å². The van der Waals surface area contributed by atoms with E-state index in [4.69, 9.17) is 5.84 Å². The number of hydrogen-bond donors (Lipinski definition) is 2. The van der Waals surface area contributed by atoms with E-state index in [1.165, 1.54) is 11.3 Å². The summed E-state index contributed by atoms with van der Waals surface area (Å²) in [5, 5.41) is 1.92. The van der Waals surface area contributed by atoms with Crippen LogP contribution in [0.3, 0.4) is 0 Å². The van der Waals surface area contributed by atoms with Crippen LogP contribution in [0.2, 0.25) is 0 Å². The SMILES string of the molecule is CSCC(C)N(C)Cc1ccsc1C(=O)NN. The topological polar surface area (TPSA) is 58.4 Å². The van der Waals surface area contributed by atoms with Gasteiger partial charge in [-0.05, 0) is 37.2 Å². The molecule has 0 saturated carbocycles. The van der Waals surface area contributed by atoms with Gasteiger partial charge >= 0.3 is 0 Å². The van der Waals surface area contributed by atoms with E-state index < -0.39 is 0 Å². The number of hydrogen-bond acceptors (Lipinski definition) is 5. The number of nitrogen functional groups attached to an aromatic ring is 1. The number of nitrogens with one attached hydrogen (secondary N) is 1. The van der Waals surface area contributed by atoms with Gasteiger partial charge in [0.05, 0.1) is 4.88 Å². The van der Waals surface area contributed by atoms with E-state index >= 15 is 0 Å². The van der Waals surface area contributed by atoms with Crippen LogP contribution in [0.25, 0.3) is 0 Å². The van der Waals surface area contributed by atoms with E-state index in [9.17, 15) is 4.79 Å². The van der Waals surface area contributed by atoms with E-state index in [0.29, 0.717) is 10.9 Å². The number of rotatable bonds is 6. The molecular formula is C11H19N3OS2. The molecule has 4 nitrogen and oxygen atoms in total. The Labute approximate surface area is 111 Å². The number of nitrogens with two attached hydrogens (primary N) is 1. The van der Waals surface area contributed by atoms with E-state index in [1.54, 1.807) is 0 Å². The van der Waals surface area contributed by atoms with Crippen LogP contribution >= 0.6 is 23.1 Å². The number of thiophene rings is 1. The maximum Gasteiger partial charge on any atom is 0.275 e. The van der Waals surface area contributed by atoms with Gasteiger partial charge in [0.15, 0.2) is 0 Å². The monoisotopic (exact) mass is 273 g/mol. The first-order chi connectivity index (χ1) is 8.10. The quantitative estimate of drug-likeness (QED) is 0.469. The molecule has 0 radical (unpaired) electrons. The molecule has 1 heterocycles. The smallest absolute Gasteiger partial charge is 0.275 e. The van der Waals surface area contributed by atoms with E-state index in [2.05, 4.69) is 30.6 Å². The van der Waals surface area contributed by atoms with Crippen molar-refractivity contribution in [1.82, 2.24) is 10.3 Å². The Morgan fingerprint density at radius 3 is 3.00 bits per heavy atom. The average Bonchev–Trinajstić information content (AvgIpc) is 2.76. The van der Waals surface area contributed by atoms with Crippen LogP contribution in [0.15, 0.2) is 11.4 Å². The minimum atomic E-state index is -0.207. The summed E-state index contributed by atoms with van der Waals surface area (Å²) in [5.74, 6) is 6.04. The van der Waals surface area contributed by atoms with Crippen LogP contribution in [-0.4, -0.2) is 35.9 Å². The van der Waals surface area contributed by atoms with Crippen LogP contribution in [0, 0.1) is 0 Å². The molecule has 1 rings (SSSR count). The molecule has 0 fully saturated rings. The maximum atomic E-state index is 11.5. The van der Waals surface area contributed by atoms with Crippen molar-refractivity contribution >= 4 is 29.0 Å². The third-order valence-electron chi connectivity index (χ3n) is 2.66. The predicted molar refractivity (Wildman–Crippen MR) is 75.3 cm³/mol. The number of hydrazine groups is 1. The highest BCUT2D eigenvalue weighted by Crippen LogP contribution is 2.19. The van der Waals surface area contributed by atoms with Gasteiger partial charge in [-0.3, -0.25) is 15.1 Å². The summed E-state index contributed by atoms with van der Waals surface area (Å²) >= 11 is 3.25. The molecule has 0 aliphatic heterocycles. The Morgan fingerprint density at radius 2 is 2.41 bits per heavy atom.